The van der Waals surface area contributed by atoms with Gasteiger partial charge in [-0.15, -0.1) is 0 Å². The lowest BCUT2D eigenvalue weighted by Crippen LogP contribution is -2.46. The molecule has 0 aliphatic carbocycles. The van der Waals surface area contributed by atoms with Crippen LogP contribution >= 0.6 is 0 Å². The van der Waals surface area contributed by atoms with Gasteiger partial charge in [-0.05, 0) is 57.8 Å². The summed E-state index contributed by atoms with van der Waals surface area (Å²) < 4.78 is 5.97. The summed E-state index contributed by atoms with van der Waals surface area (Å²) in [7, 11) is 0. The van der Waals surface area contributed by atoms with Crippen LogP contribution in [-0.4, -0.2) is 46.9 Å². The van der Waals surface area contributed by atoms with E-state index in [0.29, 0.717) is 19.3 Å². The Morgan fingerprint density at radius 3 is 1.18 bits per heavy atom. The summed E-state index contributed by atoms with van der Waals surface area (Å²) in [6, 6.07) is -0.700. The number of allylic oxidation sites excluding steroid dienone is 4. The highest BCUT2D eigenvalue weighted by Crippen LogP contribution is 2.19. The molecular formula is C60H115NO5. The number of ether oxygens (including phenoxy) is 1. The second-order valence-corrected chi connectivity index (χ2v) is 20.4. The third-order valence-electron chi connectivity index (χ3n) is 13.8. The summed E-state index contributed by atoms with van der Waals surface area (Å²) >= 11 is 0. The Hall–Kier alpha value is -1.66. The van der Waals surface area contributed by atoms with Gasteiger partial charge >= 0.3 is 5.97 Å². The molecule has 0 spiro atoms. The zero-order valence-electron chi connectivity index (χ0n) is 44.6. The van der Waals surface area contributed by atoms with Crippen LogP contribution in [0.4, 0.5) is 0 Å². The van der Waals surface area contributed by atoms with Crippen molar-refractivity contribution in [2.24, 2.45) is 0 Å². The fourth-order valence-electron chi connectivity index (χ4n) is 9.29. The molecular weight excluding hydrogens is 815 g/mol. The number of unbranched alkanes of at least 4 members (excludes halogenated alkanes) is 38. The summed E-state index contributed by atoms with van der Waals surface area (Å²) in [4.78, 5) is 26.3. The van der Waals surface area contributed by atoms with Crippen molar-refractivity contribution < 1.29 is 24.5 Å². The van der Waals surface area contributed by atoms with Crippen molar-refractivity contribution in [3.05, 3.63) is 24.3 Å². The first kappa shape index (κ1) is 64.3. The Labute approximate surface area is 411 Å². The first-order valence-corrected chi connectivity index (χ1v) is 29.6. The lowest BCUT2D eigenvalue weighted by Gasteiger charge is -2.24. The minimum absolute atomic E-state index is 0.0783. The number of amides is 1. The van der Waals surface area contributed by atoms with Gasteiger partial charge in [0.15, 0.2) is 0 Å². The molecule has 0 rings (SSSR count). The number of rotatable bonds is 54. The number of esters is 1. The average molecular weight is 931 g/mol. The molecule has 0 saturated heterocycles. The quantitative estimate of drug-likeness (QED) is 0.0321. The minimum Gasteiger partial charge on any atom is -0.462 e. The van der Waals surface area contributed by atoms with Gasteiger partial charge in [-0.3, -0.25) is 9.59 Å². The molecule has 0 radical (unpaired) electrons. The van der Waals surface area contributed by atoms with Gasteiger partial charge in [0, 0.05) is 6.42 Å². The van der Waals surface area contributed by atoms with Gasteiger partial charge in [0.2, 0.25) is 5.91 Å². The van der Waals surface area contributed by atoms with E-state index < -0.39 is 18.2 Å². The number of carbonyl (C=O) groups excluding carboxylic acids is 2. The molecule has 6 nitrogen and oxygen atoms in total. The van der Waals surface area contributed by atoms with E-state index in [0.717, 1.165) is 64.2 Å². The number of aliphatic hydroxyl groups excluding tert-OH is 2. The van der Waals surface area contributed by atoms with Crippen molar-refractivity contribution in [2.45, 2.75) is 341 Å². The molecule has 390 valence electrons. The van der Waals surface area contributed by atoms with Crippen LogP contribution in [0.15, 0.2) is 24.3 Å². The topological polar surface area (TPSA) is 95.9 Å². The SMILES string of the molecule is CCCCC/C=C\C/C=C\CCCCCCCCCC(CC(=O)NC(CO)C(O)CCCCCCCCCCCCCCCCC)OC(=O)CCCCCCCCCCCCCCCCC. The number of hydrogen-bond donors (Lipinski definition) is 3. The first-order valence-electron chi connectivity index (χ1n) is 29.6. The average Bonchev–Trinajstić information content (AvgIpc) is 3.31. The van der Waals surface area contributed by atoms with Gasteiger partial charge in [0.1, 0.15) is 6.10 Å². The Balaban J connectivity index is 4.54. The molecule has 3 atom stereocenters. The zero-order chi connectivity index (χ0) is 48.1. The molecule has 1 amide bonds. The van der Waals surface area contributed by atoms with Gasteiger partial charge in [0.05, 0.1) is 25.2 Å². The monoisotopic (exact) mass is 930 g/mol. The molecule has 0 aliphatic heterocycles. The zero-order valence-corrected chi connectivity index (χ0v) is 44.6. The largest absolute Gasteiger partial charge is 0.462 e. The molecule has 0 bridgehead atoms. The fourth-order valence-corrected chi connectivity index (χ4v) is 9.29. The first-order chi connectivity index (χ1) is 32.5. The lowest BCUT2D eigenvalue weighted by molar-refractivity contribution is -0.151. The van der Waals surface area contributed by atoms with Crippen LogP contribution in [0.5, 0.6) is 0 Å². The summed E-state index contributed by atoms with van der Waals surface area (Å²) in [6.45, 7) is 6.50. The second kappa shape index (κ2) is 54.3. The van der Waals surface area contributed by atoms with Crippen molar-refractivity contribution in [1.29, 1.82) is 0 Å². The minimum atomic E-state index is -0.787. The lowest BCUT2D eigenvalue weighted by atomic mass is 10.0. The van der Waals surface area contributed by atoms with Gasteiger partial charge in [0.25, 0.3) is 0 Å². The van der Waals surface area contributed by atoms with E-state index in [1.54, 1.807) is 0 Å². The summed E-state index contributed by atoms with van der Waals surface area (Å²) in [6.07, 6.45) is 63.8. The van der Waals surface area contributed by atoms with Gasteiger partial charge in [-0.25, -0.2) is 0 Å². The molecule has 0 heterocycles. The molecule has 0 aliphatic rings. The fraction of sp³-hybridized carbons (Fsp3) is 0.900. The molecule has 0 aromatic rings. The summed E-state index contributed by atoms with van der Waals surface area (Å²) in [5.41, 5.74) is 0. The van der Waals surface area contributed by atoms with Crippen LogP contribution in [-0.2, 0) is 14.3 Å². The Bertz CT molecular complexity index is 1040. The van der Waals surface area contributed by atoms with Crippen molar-refractivity contribution in [1.82, 2.24) is 5.32 Å². The third-order valence-corrected chi connectivity index (χ3v) is 13.8. The normalized spacial score (nSPS) is 13.2. The van der Waals surface area contributed by atoms with Crippen molar-refractivity contribution in [2.75, 3.05) is 6.61 Å². The van der Waals surface area contributed by atoms with E-state index in [1.807, 2.05) is 0 Å². The molecule has 0 fully saturated rings. The van der Waals surface area contributed by atoms with Crippen LogP contribution in [0, 0.1) is 0 Å². The Kier molecular flexibility index (Phi) is 52.9. The van der Waals surface area contributed by atoms with Crippen LogP contribution in [0.3, 0.4) is 0 Å². The summed E-state index contributed by atoms with van der Waals surface area (Å²) in [5, 5.41) is 23.9. The maximum Gasteiger partial charge on any atom is 0.306 e. The van der Waals surface area contributed by atoms with E-state index in [-0.39, 0.29) is 24.9 Å². The number of aliphatic hydroxyl groups is 2. The molecule has 0 saturated carbocycles. The van der Waals surface area contributed by atoms with Crippen LogP contribution in [0.25, 0.3) is 0 Å². The van der Waals surface area contributed by atoms with Gasteiger partial charge in [-0.2, -0.15) is 0 Å². The van der Waals surface area contributed by atoms with E-state index in [9.17, 15) is 19.8 Å². The molecule has 0 aromatic heterocycles. The van der Waals surface area contributed by atoms with E-state index in [1.165, 1.54) is 212 Å². The van der Waals surface area contributed by atoms with Crippen LogP contribution in [0.2, 0.25) is 0 Å². The van der Waals surface area contributed by atoms with E-state index >= 15 is 0 Å². The van der Waals surface area contributed by atoms with Crippen molar-refractivity contribution >= 4 is 11.9 Å². The van der Waals surface area contributed by atoms with E-state index in [4.69, 9.17) is 4.74 Å². The number of hydrogen-bond acceptors (Lipinski definition) is 5. The molecule has 6 heteroatoms. The maximum atomic E-state index is 13.3. The Morgan fingerprint density at radius 2 is 0.773 bits per heavy atom. The highest BCUT2D eigenvalue weighted by atomic mass is 16.5. The Morgan fingerprint density at radius 1 is 0.439 bits per heavy atom. The van der Waals surface area contributed by atoms with Gasteiger partial charge in [-0.1, -0.05) is 276 Å². The van der Waals surface area contributed by atoms with Crippen molar-refractivity contribution in [3.63, 3.8) is 0 Å². The number of carbonyl (C=O) groups is 2. The standard InChI is InChI=1S/C60H115NO5/c1-4-7-10-13-16-19-22-25-28-29-32-33-36-39-42-45-48-51-56(66-60(65)53-50-47-44-41-38-35-31-27-24-21-18-15-12-9-6-3)54-59(64)61-57(55-62)58(63)52-49-46-43-40-37-34-30-26-23-20-17-14-11-8-5-2/h16,19,25,28,56-58,62-63H,4-15,17-18,20-24,26-27,29-55H2,1-3H3,(H,61,64)/b19-16-,28-25-. The predicted octanol–water partition coefficient (Wildman–Crippen LogP) is 18.2. The maximum absolute atomic E-state index is 13.3. The van der Waals surface area contributed by atoms with E-state index in [2.05, 4.69) is 50.4 Å². The number of nitrogens with one attached hydrogen (secondary N) is 1. The van der Waals surface area contributed by atoms with Crippen molar-refractivity contribution in [3.8, 4) is 0 Å². The predicted molar refractivity (Wildman–Crippen MR) is 287 cm³/mol. The molecule has 3 unspecified atom stereocenters. The summed E-state index contributed by atoms with van der Waals surface area (Å²) in [5.74, 6) is -0.460. The van der Waals surface area contributed by atoms with Crippen LogP contribution < -0.4 is 5.32 Å². The highest BCUT2D eigenvalue weighted by Gasteiger charge is 2.24. The highest BCUT2D eigenvalue weighted by molar-refractivity contribution is 5.77. The second-order valence-electron chi connectivity index (χ2n) is 20.4. The third kappa shape index (κ3) is 48.8. The molecule has 66 heavy (non-hydrogen) atoms. The van der Waals surface area contributed by atoms with Crippen LogP contribution in [0.1, 0.15) is 323 Å². The molecule has 3 N–H and O–H groups in total. The smallest absolute Gasteiger partial charge is 0.306 e. The molecule has 0 aromatic carbocycles. The van der Waals surface area contributed by atoms with Gasteiger partial charge < -0.3 is 20.3 Å².